The zero-order chi connectivity index (χ0) is 19.2. The van der Waals surface area contributed by atoms with E-state index in [1.165, 1.54) is 32.1 Å². The van der Waals surface area contributed by atoms with Gasteiger partial charge in [0.25, 0.3) is 0 Å². The molecule has 0 spiro atoms. The van der Waals surface area contributed by atoms with Gasteiger partial charge in [-0.1, -0.05) is 19.3 Å². The molecule has 0 bridgehead atoms. The van der Waals surface area contributed by atoms with Crippen molar-refractivity contribution in [3.63, 3.8) is 0 Å². The van der Waals surface area contributed by atoms with E-state index in [-0.39, 0.29) is 12.0 Å². The van der Waals surface area contributed by atoms with Gasteiger partial charge < -0.3 is 19.4 Å². The van der Waals surface area contributed by atoms with Crippen LogP contribution in [0.4, 0.5) is 4.79 Å². The van der Waals surface area contributed by atoms with Gasteiger partial charge in [0.2, 0.25) is 5.91 Å². The van der Waals surface area contributed by atoms with E-state index in [0.29, 0.717) is 24.7 Å². The Morgan fingerprint density at radius 1 is 0.889 bits per heavy atom. The maximum Gasteiger partial charge on any atom is 0.409 e. The van der Waals surface area contributed by atoms with Crippen LogP contribution in [-0.4, -0.2) is 77.6 Å². The summed E-state index contributed by atoms with van der Waals surface area (Å²) in [6, 6.07) is 1.46. The summed E-state index contributed by atoms with van der Waals surface area (Å²) in [5.74, 6) is 0.267. The summed E-state index contributed by atoms with van der Waals surface area (Å²) in [6.07, 6.45) is 10.3. The minimum absolute atomic E-state index is 0.167. The summed E-state index contributed by atoms with van der Waals surface area (Å²) < 4.78 is 5.12. The second-order valence-corrected chi connectivity index (χ2v) is 8.40. The Labute approximate surface area is 164 Å². The van der Waals surface area contributed by atoms with Gasteiger partial charge in [0.05, 0.1) is 6.61 Å². The molecule has 3 aliphatic rings. The molecule has 1 saturated carbocycles. The summed E-state index contributed by atoms with van der Waals surface area (Å²) in [6.45, 7) is 7.80. The van der Waals surface area contributed by atoms with Crippen LogP contribution >= 0.6 is 0 Å². The number of nitrogens with zero attached hydrogens (tertiary/aromatic N) is 3. The van der Waals surface area contributed by atoms with Crippen LogP contribution in [0.25, 0.3) is 0 Å². The van der Waals surface area contributed by atoms with Gasteiger partial charge in [-0.25, -0.2) is 4.79 Å². The van der Waals surface area contributed by atoms with Crippen LogP contribution in [0.15, 0.2) is 0 Å². The van der Waals surface area contributed by atoms with E-state index >= 15 is 0 Å². The highest BCUT2D eigenvalue weighted by Gasteiger charge is 2.35. The summed E-state index contributed by atoms with van der Waals surface area (Å²) in [5, 5.41) is 0. The zero-order valence-corrected chi connectivity index (χ0v) is 17.2. The van der Waals surface area contributed by atoms with E-state index in [4.69, 9.17) is 4.74 Å². The highest BCUT2D eigenvalue weighted by molar-refractivity contribution is 5.74. The van der Waals surface area contributed by atoms with Crippen molar-refractivity contribution in [2.75, 3.05) is 32.8 Å². The molecule has 1 aliphatic carbocycles. The van der Waals surface area contributed by atoms with Gasteiger partial charge in [-0.2, -0.15) is 0 Å². The molecule has 2 heterocycles. The fourth-order valence-corrected chi connectivity index (χ4v) is 5.33. The van der Waals surface area contributed by atoms with Crippen LogP contribution in [0.2, 0.25) is 0 Å². The van der Waals surface area contributed by atoms with E-state index in [1.54, 1.807) is 6.92 Å². The van der Waals surface area contributed by atoms with Crippen LogP contribution in [-0.2, 0) is 9.53 Å². The smallest absolute Gasteiger partial charge is 0.409 e. The van der Waals surface area contributed by atoms with E-state index in [0.717, 1.165) is 51.9 Å². The van der Waals surface area contributed by atoms with E-state index in [9.17, 15) is 9.59 Å². The highest BCUT2D eigenvalue weighted by atomic mass is 16.6. The topological polar surface area (TPSA) is 53.1 Å². The van der Waals surface area contributed by atoms with Crippen LogP contribution in [0.3, 0.4) is 0 Å². The first-order chi connectivity index (χ1) is 13.1. The fourth-order valence-electron chi connectivity index (χ4n) is 5.33. The van der Waals surface area contributed by atoms with E-state index in [1.807, 2.05) is 11.8 Å². The first-order valence-electron chi connectivity index (χ1n) is 11.0. The number of hydrogen-bond donors (Lipinski definition) is 0. The molecular weight excluding hydrogens is 342 g/mol. The largest absolute Gasteiger partial charge is 0.450 e. The number of carbonyl (C=O) groups excluding carboxylic acids is 2. The van der Waals surface area contributed by atoms with Crippen molar-refractivity contribution in [2.45, 2.75) is 89.8 Å². The van der Waals surface area contributed by atoms with Gasteiger partial charge in [-0.3, -0.25) is 4.79 Å². The van der Waals surface area contributed by atoms with Crippen molar-refractivity contribution in [2.24, 2.45) is 0 Å². The van der Waals surface area contributed by atoms with E-state index < -0.39 is 0 Å². The van der Waals surface area contributed by atoms with Crippen LogP contribution < -0.4 is 0 Å². The Kier molecular flexibility index (Phi) is 7.39. The molecule has 0 aromatic heterocycles. The van der Waals surface area contributed by atoms with Crippen molar-refractivity contribution in [3.8, 4) is 0 Å². The zero-order valence-electron chi connectivity index (χ0n) is 17.2. The fraction of sp³-hybridized carbons (Fsp3) is 0.905. The third-order valence-electron chi connectivity index (χ3n) is 6.73. The number of ether oxygens (including phenoxy) is 1. The molecule has 6 heteroatoms. The molecule has 0 radical (unpaired) electrons. The van der Waals surface area contributed by atoms with E-state index in [2.05, 4.69) is 9.80 Å². The number of piperidine rings is 2. The Balaban J connectivity index is 1.47. The van der Waals surface area contributed by atoms with Gasteiger partial charge in [0.1, 0.15) is 0 Å². The molecule has 6 nitrogen and oxygen atoms in total. The summed E-state index contributed by atoms with van der Waals surface area (Å²) in [5.41, 5.74) is 0. The quantitative estimate of drug-likeness (QED) is 0.752. The normalized spacial score (nSPS) is 24.0. The monoisotopic (exact) mass is 379 g/mol. The average Bonchev–Trinajstić information content (AvgIpc) is 2.70. The van der Waals surface area contributed by atoms with Crippen LogP contribution in [0, 0.1) is 0 Å². The Bertz CT molecular complexity index is 491. The first-order valence-corrected chi connectivity index (χ1v) is 11.0. The van der Waals surface area contributed by atoms with Crippen molar-refractivity contribution < 1.29 is 14.3 Å². The van der Waals surface area contributed by atoms with Crippen molar-refractivity contribution in [3.05, 3.63) is 0 Å². The molecule has 2 saturated heterocycles. The lowest BCUT2D eigenvalue weighted by molar-refractivity contribution is -0.136. The van der Waals surface area contributed by atoms with Crippen LogP contribution in [0.1, 0.15) is 71.6 Å². The molecular formula is C21H37N3O3. The second kappa shape index (κ2) is 9.76. The molecule has 3 rings (SSSR count). The predicted molar refractivity (Wildman–Crippen MR) is 106 cm³/mol. The lowest BCUT2D eigenvalue weighted by atomic mass is 9.90. The molecule has 2 aliphatic heterocycles. The van der Waals surface area contributed by atoms with Crippen molar-refractivity contribution >= 4 is 12.0 Å². The molecule has 0 unspecified atom stereocenters. The minimum atomic E-state index is -0.167. The van der Waals surface area contributed by atoms with Crippen LogP contribution in [0.5, 0.6) is 0 Å². The Morgan fingerprint density at radius 2 is 1.48 bits per heavy atom. The molecule has 0 atom stereocenters. The van der Waals surface area contributed by atoms with Gasteiger partial charge in [-0.15, -0.1) is 0 Å². The number of likely N-dealkylation sites (tertiary alicyclic amines) is 2. The third-order valence-corrected chi connectivity index (χ3v) is 6.73. The molecule has 3 fully saturated rings. The summed E-state index contributed by atoms with van der Waals surface area (Å²) in [4.78, 5) is 30.9. The first kappa shape index (κ1) is 20.4. The lowest BCUT2D eigenvalue weighted by Crippen LogP contribution is -2.54. The number of amides is 2. The number of rotatable bonds is 4. The maximum atomic E-state index is 12.3. The summed E-state index contributed by atoms with van der Waals surface area (Å²) >= 11 is 0. The van der Waals surface area contributed by atoms with Gasteiger partial charge in [0, 0.05) is 51.2 Å². The minimum Gasteiger partial charge on any atom is -0.450 e. The summed E-state index contributed by atoms with van der Waals surface area (Å²) in [7, 11) is 0. The highest BCUT2D eigenvalue weighted by Crippen LogP contribution is 2.29. The molecule has 27 heavy (non-hydrogen) atoms. The lowest BCUT2D eigenvalue weighted by Gasteiger charge is -2.46. The molecule has 0 N–H and O–H groups in total. The molecule has 0 aromatic rings. The Morgan fingerprint density at radius 3 is 2.04 bits per heavy atom. The molecule has 154 valence electrons. The molecule has 0 aromatic carbocycles. The van der Waals surface area contributed by atoms with Gasteiger partial charge in [-0.05, 0) is 45.4 Å². The number of carbonyl (C=O) groups is 2. The van der Waals surface area contributed by atoms with Crippen molar-refractivity contribution in [1.82, 2.24) is 14.7 Å². The SMILES string of the molecule is CCOC(=O)N1CCC(N2CCC(N(C(C)=O)C3CCCCC3)CC2)CC1. The van der Waals surface area contributed by atoms with Crippen molar-refractivity contribution in [1.29, 1.82) is 0 Å². The van der Waals surface area contributed by atoms with Gasteiger partial charge >= 0.3 is 6.09 Å². The average molecular weight is 380 g/mol. The number of hydrogen-bond acceptors (Lipinski definition) is 4. The standard InChI is InChI=1S/C21H37N3O3/c1-3-27-21(26)23-15-9-18(10-16-23)22-13-11-20(12-14-22)24(17(2)25)19-7-5-4-6-8-19/h18-20H,3-16H2,1-2H3. The third kappa shape index (κ3) is 5.15. The molecule has 2 amide bonds. The second-order valence-electron chi connectivity index (χ2n) is 8.40. The Hall–Kier alpha value is -1.30. The predicted octanol–water partition coefficient (Wildman–Crippen LogP) is 3.25. The maximum absolute atomic E-state index is 12.3. The van der Waals surface area contributed by atoms with Gasteiger partial charge in [0.15, 0.2) is 0 Å².